The first-order chi connectivity index (χ1) is 19.5. The first-order valence-electron chi connectivity index (χ1n) is 13.8. The molecule has 204 valence electrons. The summed E-state index contributed by atoms with van der Waals surface area (Å²) < 4.78 is 2.08. The number of hydrogen-bond acceptors (Lipinski definition) is 5. The van der Waals surface area contributed by atoms with Crippen molar-refractivity contribution in [3.05, 3.63) is 95.4 Å². The van der Waals surface area contributed by atoms with Crippen LogP contribution >= 0.6 is 0 Å². The van der Waals surface area contributed by atoms with E-state index < -0.39 is 0 Å². The van der Waals surface area contributed by atoms with Crippen molar-refractivity contribution in [3.63, 3.8) is 0 Å². The zero-order chi connectivity index (χ0) is 27.6. The summed E-state index contributed by atoms with van der Waals surface area (Å²) in [7, 11) is 4.18. The van der Waals surface area contributed by atoms with Crippen LogP contribution < -0.4 is 5.32 Å². The second-order valence-electron chi connectivity index (χ2n) is 10.8. The maximum atomic E-state index is 14.4. The van der Waals surface area contributed by atoms with E-state index in [0.717, 1.165) is 71.4 Å². The van der Waals surface area contributed by atoms with Crippen molar-refractivity contribution >= 4 is 39.5 Å². The highest BCUT2D eigenvalue weighted by atomic mass is 16.1. The predicted octanol–water partition coefficient (Wildman–Crippen LogP) is 4.40. The molecule has 8 nitrogen and oxygen atoms in total. The van der Waals surface area contributed by atoms with E-state index >= 15 is 0 Å². The van der Waals surface area contributed by atoms with Gasteiger partial charge in [0.25, 0.3) is 5.91 Å². The Morgan fingerprint density at radius 2 is 1.82 bits per heavy atom. The average molecular weight is 534 g/mol. The van der Waals surface area contributed by atoms with Gasteiger partial charge in [-0.05, 0) is 49.9 Å². The number of aromatic amines is 1. The fourth-order valence-electron chi connectivity index (χ4n) is 5.55. The van der Waals surface area contributed by atoms with E-state index in [-0.39, 0.29) is 11.9 Å². The molecule has 40 heavy (non-hydrogen) atoms. The topological polar surface area (TPSA) is 82.1 Å². The lowest BCUT2D eigenvalue weighted by Crippen LogP contribution is -2.47. The number of carbonyl (C=O) groups is 1. The van der Waals surface area contributed by atoms with Gasteiger partial charge in [0.05, 0.1) is 17.3 Å². The van der Waals surface area contributed by atoms with E-state index in [4.69, 9.17) is 0 Å². The molecule has 8 heteroatoms. The highest BCUT2D eigenvalue weighted by molar-refractivity contribution is 6.27. The summed E-state index contributed by atoms with van der Waals surface area (Å²) in [6.07, 6.45) is 5.69. The Hall–Kier alpha value is -4.27. The molecule has 2 N–H and O–H groups in total. The lowest BCUT2D eigenvalue weighted by Gasteiger charge is -2.35. The standard InChI is InChI=1S/C32H35N7O/c1-22-11-12-30-25(18-22)27(20-38(30)3)26(19-28-24-10-7-13-33-31(24)36-35-28)32(40)34-29(23-8-5-4-6-9-23)21-39-16-14-37(2)15-17-39/h4-13,18-20,29H,14-17,21H2,1-3H3,(H,34,40)(H,33,35,36)/t29-/m1/s1. The Bertz CT molecular complexity index is 1680. The number of rotatable bonds is 7. The third-order valence-electron chi connectivity index (χ3n) is 7.87. The molecule has 0 bridgehead atoms. The fraction of sp³-hybridized carbons (Fsp3) is 0.281. The first-order valence-corrected chi connectivity index (χ1v) is 13.8. The monoisotopic (exact) mass is 533 g/mol. The third-order valence-corrected chi connectivity index (χ3v) is 7.87. The molecule has 1 aliphatic heterocycles. The van der Waals surface area contributed by atoms with Gasteiger partial charge < -0.3 is 14.8 Å². The molecule has 0 unspecified atom stereocenters. The Labute approximate surface area is 234 Å². The van der Waals surface area contributed by atoms with Crippen molar-refractivity contribution in [3.8, 4) is 0 Å². The predicted molar refractivity (Wildman–Crippen MR) is 161 cm³/mol. The number of benzene rings is 2. The first kappa shape index (κ1) is 26.0. The molecule has 4 heterocycles. The molecule has 1 fully saturated rings. The smallest absolute Gasteiger partial charge is 0.252 e. The number of likely N-dealkylation sites (N-methyl/N-ethyl adjacent to an activating group) is 1. The van der Waals surface area contributed by atoms with Crippen LogP contribution in [0.4, 0.5) is 0 Å². The van der Waals surface area contributed by atoms with E-state index in [1.54, 1.807) is 6.20 Å². The SMILES string of the molecule is Cc1ccc2c(c1)c(C(=Cc1[nH]nc3ncccc13)C(=O)N[C@H](CN1CCN(C)CC1)c1ccccc1)cn2C. The summed E-state index contributed by atoms with van der Waals surface area (Å²) in [5.74, 6) is -0.122. The van der Waals surface area contributed by atoms with E-state index in [1.807, 2.05) is 49.7 Å². The summed E-state index contributed by atoms with van der Waals surface area (Å²) in [6, 6.07) is 20.3. The van der Waals surface area contributed by atoms with Crippen molar-refractivity contribution in [1.82, 2.24) is 34.9 Å². The van der Waals surface area contributed by atoms with Crippen LogP contribution in [0.15, 0.2) is 73.1 Å². The van der Waals surface area contributed by atoms with Crippen molar-refractivity contribution in [1.29, 1.82) is 0 Å². The van der Waals surface area contributed by atoms with Crippen LogP contribution in [0.2, 0.25) is 0 Å². The third kappa shape index (κ3) is 5.28. The van der Waals surface area contributed by atoms with Gasteiger partial charge in [0, 0.05) is 74.0 Å². The summed E-state index contributed by atoms with van der Waals surface area (Å²) in [4.78, 5) is 23.5. The van der Waals surface area contributed by atoms with Gasteiger partial charge in [-0.25, -0.2) is 4.98 Å². The second-order valence-corrected chi connectivity index (χ2v) is 10.8. The highest BCUT2D eigenvalue weighted by Gasteiger charge is 2.25. The molecule has 5 aromatic rings. The summed E-state index contributed by atoms with van der Waals surface area (Å²) in [6.45, 7) is 6.84. The van der Waals surface area contributed by atoms with E-state index in [2.05, 4.69) is 79.2 Å². The van der Waals surface area contributed by atoms with Crippen molar-refractivity contribution in [2.24, 2.45) is 7.05 Å². The van der Waals surface area contributed by atoms with Gasteiger partial charge in [0.2, 0.25) is 0 Å². The van der Waals surface area contributed by atoms with Crippen molar-refractivity contribution < 1.29 is 4.79 Å². The van der Waals surface area contributed by atoms with Crippen LogP contribution in [0, 0.1) is 6.92 Å². The molecule has 6 rings (SSSR count). The van der Waals surface area contributed by atoms with Gasteiger partial charge in [-0.15, -0.1) is 0 Å². The largest absolute Gasteiger partial charge is 0.350 e. The van der Waals surface area contributed by atoms with Crippen LogP contribution in [0.1, 0.15) is 28.4 Å². The summed E-state index contributed by atoms with van der Waals surface area (Å²) in [5, 5.41) is 12.8. The Morgan fingerprint density at radius 3 is 2.62 bits per heavy atom. The van der Waals surface area contributed by atoms with Gasteiger partial charge in [-0.1, -0.05) is 42.0 Å². The lowest BCUT2D eigenvalue weighted by atomic mass is 9.99. The fourth-order valence-corrected chi connectivity index (χ4v) is 5.55. The highest BCUT2D eigenvalue weighted by Crippen LogP contribution is 2.31. The molecule has 1 atom stereocenters. The number of aromatic nitrogens is 4. The van der Waals surface area contributed by atoms with Gasteiger partial charge in [-0.2, -0.15) is 5.10 Å². The van der Waals surface area contributed by atoms with Crippen LogP contribution in [0.3, 0.4) is 0 Å². The number of carbonyl (C=O) groups excluding carboxylic acids is 1. The van der Waals surface area contributed by atoms with E-state index in [0.29, 0.717) is 11.2 Å². The number of piperazine rings is 1. The van der Waals surface area contributed by atoms with E-state index in [9.17, 15) is 4.79 Å². The number of H-pyrrole nitrogens is 1. The van der Waals surface area contributed by atoms with Crippen LogP contribution in [0.25, 0.3) is 33.6 Å². The Morgan fingerprint density at radius 1 is 1.02 bits per heavy atom. The van der Waals surface area contributed by atoms with Crippen LogP contribution in [-0.2, 0) is 11.8 Å². The van der Waals surface area contributed by atoms with E-state index in [1.165, 1.54) is 0 Å². The van der Waals surface area contributed by atoms with Crippen molar-refractivity contribution in [2.75, 3.05) is 39.8 Å². The number of hydrogen-bond donors (Lipinski definition) is 2. The average Bonchev–Trinajstić information content (AvgIpc) is 3.53. The normalized spacial score (nSPS) is 16.0. The minimum atomic E-state index is -0.155. The van der Waals surface area contributed by atoms with Crippen LogP contribution in [0.5, 0.6) is 0 Å². The molecule has 3 aromatic heterocycles. The molecule has 1 amide bonds. The molecular formula is C32H35N7O. The minimum absolute atomic E-state index is 0.122. The van der Waals surface area contributed by atoms with Crippen molar-refractivity contribution in [2.45, 2.75) is 13.0 Å². The molecule has 2 aromatic carbocycles. The number of pyridine rings is 1. The number of aryl methyl sites for hydroxylation is 2. The number of nitrogens with zero attached hydrogens (tertiary/aromatic N) is 5. The summed E-state index contributed by atoms with van der Waals surface area (Å²) in [5.41, 5.74) is 6.18. The Kier molecular flexibility index (Phi) is 7.19. The summed E-state index contributed by atoms with van der Waals surface area (Å²) >= 11 is 0. The maximum absolute atomic E-state index is 14.4. The van der Waals surface area contributed by atoms with Gasteiger partial charge in [0.15, 0.2) is 5.65 Å². The second kappa shape index (κ2) is 11.1. The molecular weight excluding hydrogens is 498 g/mol. The zero-order valence-electron chi connectivity index (χ0n) is 23.3. The molecule has 0 radical (unpaired) electrons. The molecule has 1 saturated heterocycles. The quantitative estimate of drug-likeness (QED) is 0.303. The van der Waals surface area contributed by atoms with Gasteiger partial charge in [-0.3, -0.25) is 14.8 Å². The number of fused-ring (bicyclic) bond motifs is 2. The van der Waals surface area contributed by atoms with Crippen LogP contribution in [-0.4, -0.2) is 75.2 Å². The Balaban J connectivity index is 1.42. The molecule has 1 aliphatic rings. The van der Waals surface area contributed by atoms with Gasteiger partial charge >= 0.3 is 0 Å². The zero-order valence-corrected chi connectivity index (χ0v) is 23.3. The minimum Gasteiger partial charge on any atom is -0.350 e. The number of amides is 1. The lowest BCUT2D eigenvalue weighted by molar-refractivity contribution is -0.116. The molecule has 0 aliphatic carbocycles. The molecule has 0 spiro atoms. The maximum Gasteiger partial charge on any atom is 0.252 e. The van der Waals surface area contributed by atoms with Gasteiger partial charge in [0.1, 0.15) is 0 Å². The number of nitrogens with one attached hydrogen (secondary N) is 2. The molecule has 0 saturated carbocycles.